The fourth-order valence-electron chi connectivity index (χ4n) is 2.89. The standard InChI is InChI=1S/C15H19ClN2OS/c1-18(10-11-5-4-6-12(16)9-11)14(19)15(13(17)20)7-2-3-8-15/h4-6,9H,2-3,7-8,10H2,1H3,(H2,17,20). The van der Waals surface area contributed by atoms with E-state index in [1.165, 1.54) is 0 Å². The molecule has 1 aromatic carbocycles. The van der Waals surface area contributed by atoms with Gasteiger partial charge in [0.2, 0.25) is 5.91 Å². The fraction of sp³-hybridized carbons (Fsp3) is 0.467. The number of nitrogens with two attached hydrogens (primary N) is 1. The zero-order valence-electron chi connectivity index (χ0n) is 11.6. The fourth-order valence-corrected chi connectivity index (χ4v) is 3.39. The predicted molar refractivity (Wildman–Crippen MR) is 85.6 cm³/mol. The van der Waals surface area contributed by atoms with Gasteiger partial charge in [0.25, 0.3) is 0 Å². The van der Waals surface area contributed by atoms with Crippen molar-refractivity contribution in [2.45, 2.75) is 32.2 Å². The third-order valence-corrected chi connectivity index (χ3v) is 4.62. The van der Waals surface area contributed by atoms with Crippen molar-refractivity contribution in [3.63, 3.8) is 0 Å². The molecule has 0 bridgehead atoms. The normalized spacial score (nSPS) is 16.9. The molecule has 2 rings (SSSR count). The Kier molecular flexibility index (Phi) is 4.66. The molecule has 0 saturated heterocycles. The lowest BCUT2D eigenvalue weighted by molar-refractivity contribution is -0.137. The van der Waals surface area contributed by atoms with Gasteiger partial charge in [-0.2, -0.15) is 0 Å². The minimum atomic E-state index is -0.636. The molecule has 0 aliphatic heterocycles. The molecule has 0 heterocycles. The molecule has 0 atom stereocenters. The Hall–Kier alpha value is -1.13. The highest BCUT2D eigenvalue weighted by Gasteiger charge is 2.45. The summed E-state index contributed by atoms with van der Waals surface area (Å²) < 4.78 is 0. The summed E-state index contributed by atoms with van der Waals surface area (Å²) in [6, 6.07) is 7.53. The van der Waals surface area contributed by atoms with Gasteiger partial charge in [-0.05, 0) is 30.5 Å². The molecule has 1 saturated carbocycles. The smallest absolute Gasteiger partial charge is 0.235 e. The first kappa shape index (κ1) is 15.3. The molecule has 2 N–H and O–H groups in total. The van der Waals surface area contributed by atoms with E-state index in [2.05, 4.69) is 0 Å². The highest BCUT2D eigenvalue weighted by molar-refractivity contribution is 7.80. The summed E-state index contributed by atoms with van der Waals surface area (Å²) in [4.78, 5) is 14.8. The van der Waals surface area contributed by atoms with E-state index in [1.807, 2.05) is 24.3 Å². The average Bonchev–Trinajstić information content (AvgIpc) is 2.88. The Labute approximate surface area is 130 Å². The number of carbonyl (C=O) groups is 1. The predicted octanol–water partition coefficient (Wildman–Crippen LogP) is 3.14. The number of thiocarbonyl (C=S) groups is 1. The van der Waals surface area contributed by atoms with Crippen LogP contribution in [0.3, 0.4) is 0 Å². The van der Waals surface area contributed by atoms with Crippen LogP contribution in [0.25, 0.3) is 0 Å². The highest BCUT2D eigenvalue weighted by atomic mass is 35.5. The number of nitrogens with zero attached hydrogens (tertiary/aromatic N) is 1. The largest absolute Gasteiger partial charge is 0.392 e. The van der Waals surface area contributed by atoms with Crippen molar-refractivity contribution in [3.05, 3.63) is 34.9 Å². The summed E-state index contributed by atoms with van der Waals surface area (Å²) in [6.45, 7) is 0.518. The number of benzene rings is 1. The van der Waals surface area contributed by atoms with Gasteiger partial charge < -0.3 is 10.6 Å². The molecule has 3 nitrogen and oxygen atoms in total. The van der Waals surface area contributed by atoms with Gasteiger partial charge >= 0.3 is 0 Å². The molecule has 0 radical (unpaired) electrons. The van der Waals surface area contributed by atoms with Gasteiger partial charge in [-0.25, -0.2) is 0 Å². The molecule has 1 aromatic rings. The van der Waals surface area contributed by atoms with Gasteiger partial charge in [0.15, 0.2) is 0 Å². The molecule has 0 aromatic heterocycles. The van der Waals surface area contributed by atoms with Gasteiger partial charge in [0, 0.05) is 18.6 Å². The van der Waals surface area contributed by atoms with E-state index in [1.54, 1.807) is 11.9 Å². The SMILES string of the molecule is CN(Cc1cccc(Cl)c1)C(=O)C1(C(N)=S)CCCC1. The minimum absolute atomic E-state index is 0.0301. The topological polar surface area (TPSA) is 46.3 Å². The van der Waals surface area contributed by atoms with E-state index in [0.29, 0.717) is 16.6 Å². The van der Waals surface area contributed by atoms with Gasteiger partial charge in [-0.15, -0.1) is 0 Å². The first-order valence-corrected chi connectivity index (χ1v) is 7.54. The number of hydrogen-bond acceptors (Lipinski definition) is 2. The van der Waals surface area contributed by atoms with E-state index in [-0.39, 0.29) is 5.91 Å². The summed E-state index contributed by atoms with van der Waals surface area (Å²) in [7, 11) is 1.79. The molecule has 1 amide bonds. The second-order valence-electron chi connectivity index (χ2n) is 5.44. The lowest BCUT2D eigenvalue weighted by atomic mass is 9.84. The summed E-state index contributed by atoms with van der Waals surface area (Å²) >= 11 is 11.1. The van der Waals surface area contributed by atoms with Crippen LogP contribution in [0, 0.1) is 5.41 Å². The minimum Gasteiger partial charge on any atom is -0.392 e. The number of carbonyl (C=O) groups excluding carboxylic acids is 1. The van der Waals surface area contributed by atoms with E-state index >= 15 is 0 Å². The van der Waals surface area contributed by atoms with Crippen molar-refractivity contribution in [1.29, 1.82) is 0 Å². The van der Waals surface area contributed by atoms with Crippen LogP contribution in [0.2, 0.25) is 5.02 Å². The molecule has 0 unspecified atom stereocenters. The molecule has 1 aliphatic rings. The first-order valence-electron chi connectivity index (χ1n) is 6.75. The molecule has 108 valence electrons. The van der Waals surface area contributed by atoms with E-state index < -0.39 is 5.41 Å². The Balaban J connectivity index is 2.14. The van der Waals surface area contributed by atoms with Crippen LogP contribution in [-0.2, 0) is 11.3 Å². The second kappa shape index (κ2) is 6.10. The van der Waals surface area contributed by atoms with Crippen molar-refractivity contribution in [1.82, 2.24) is 4.90 Å². The zero-order valence-corrected chi connectivity index (χ0v) is 13.1. The van der Waals surface area contributed by atoms with E-state index in [4.69, 9.17) is 29.6 Å². The summed E-state index contributed by atoms with van der Waals surface area (Å²) in [5.74, 6) is 0.0301. The molecule has 1 aliphatic carbocycles. The molecular weight excluding hydrogens is 292 g/mol. The Morgan fingerprint density at radius 3 is 2.65 bits per heavy atom. The summed E-state index contributed by atoms with van der Waals surface area (Å²) in [5.41, 5.74) is 6.22. The van der Waals surface area contributed by atoms with Crippen LogP contribution in [0.4, 0.5) is 0 Å². The van der Waals surface area contributed by atoms with Crippen LogP contribution in [-0.4, -0.2) is 22.8 Å². The Morgan fingerprint density at radius 2 is 2.10 bits per heavy atom. The van der Waals surface area contributed by atoms with Crippen LogP contribution in [0.1, 0.15) is 31.2 Å². The maximum atomic E-state index is 12.7. The van der Waals surface area contributed by atoms with Gasteiger partial charge in [-0.3, -0.25) is 4.79 Å². The highest BCUT2D eigenvalue weighted by Crippen LogP contribution is 2.40. The molecule has 5 heteroatoms. The molecule has 0 spiro atoms. The number of halogens is 1. The van der Waals surface area contributed by atoms with Gasteiger partial charge in [0.1, 0.15) is 0 Å². The van der Waals surface area contributed by atoms with Gasteiger partial charge in [0.05, 0.1) is 10.4 Å². The van der Waals surface area contributed by atoms with Crippen LogP contribution < -0.4 is 5.73 Å². The molecule has 1 fully saturated rings. The quantitative estimate of drug-likeness (QED) is 0.869. The van der Waals surface area contributed by atoms with E-state index in [9.17, 15) is 4.79 Å². The van der Waals surface area contributed by atoms with E-state index in [0.717, 1.165) is 31.2 Å². The third-order valence-electron chi connectivity index (χ3n) is 3.99. The van der Waals surface area contributed by atoms with Gasteiger partial charge in [-0.1, -0.05) is 48.8 Å². The lowest BCUT2D eigenvalue weighted by Crippen LogP contribution is -2.47. The zero-order chi connectivity index (χ0) is 14.8. The van der Waals surface area contributed by atoms with Crippen molar-refractivity contribution in [2.24, 2.45) is 11.1 Å². The van der Waals surface area contributed by atoms with Crippen molar-refractivity contribution >= 4 is 34.7 Å². The number of hydrogen-bond donors (Lipinski definition) is 1. The van der Waals surface area contributed by atoms with Crippen LogP contribution >= 0.6 is 23.8 Å². The van der Waals surface area contributed by atoms with Crippen LogP contribution in [0.5, 0.6) is 0 Å². The van der Waals surface area contributed by atoms with Crippen molar-refractivity contribution < 1.29 is 4.79 Å². The number of rotatable bonds is 4. The average molecular weight is 311 g/mol. The number of amides is 1. The molecular formula is C15H19ClN2OS. The van der Waals surface area contributed by atoms with Crippen LogP contribution in [0.15, 0.2) is 24.3 Å². The maximum Gasteiger partial charge on any atom is 0.235 e. The molecule has 20 heavy (non-hydrogen) atoms. The monoisotopic (exact) mass is 310 g/mol. The second-order valence-corrected chi connectivity index (χ2v) is 6.32. The lowest BCUT2D eigenvalue weighted by Gasteiger charge is -2.31. The first-order chi connectivity index (χ1) is 9.45. The summed E-state index contributed by atoms with van der Waals surface area (Å²) in [5, 5.41) is 0.674. The Morgan fingerprint density at radius 1 is 1.45 bits per heavy atom. The maximum absolute atomic E-state index is 12.7. The summed E-state index contributed by atoms with van der Waals surface area (Å²) in [6.07, 6.45) is 3.55. The Bertz CT molecular complexity index is 526. The van der Waals surface area contributed by atoms with Crippen molar-refractivity contribution in [2.75, 3.05) is 7.05 Å². The van der Waals surface area contributed by atoms with Crippen molar-refractivity contribution in [3.8, 4) is 0 Å². The third kappa shape index (κ3) is 2.96.